The maximum absolute atomic E-state index is 12.5. The van der Waals surface area contributed by atoms with Crippen molar-refractivity contribution in [3.63, 3.8) is 0 Å². The van der Waals surface area contributed by atoms with Crippen molar-refractivity contribution >= 4 is 40.2 Å². The van der Waals surface area contributed by atoms with Crippen LogP contribution < -0.4 is 10.6 Å². The molecule has 2 heterocycles. The summed E-state index contributed by atoms with van der Waals surface area (Å²) in [6.07, 6.45) is 1.26. The minimum atomic E-state index is -0.248. The number of amides is 3. The Morgan fingerprint density at radius 3 is 2.81 bits per heavy atom. The predicted molar refractivity (Wildman–Crippen MR) is 110 cm³/mol. The lowest BCUT2D eigenvalue weighted by Crippen LogP contribution is -2.35. The van der Waals surface area contributed by atoms with Gasteiger partial charge in [0.05, 0.1) is 12.2 Å². The van der Waals surface area contributed by atoms with Gasteiger partial charge < -0.3 is 10.2 Å². The Kier molecular flexibility index (Phi) is 6.73. The van der Waals surface area contributed by atoms with Gasteiger partial charge in [-0.05, 0) is 26.0 Å². The molecule has 0 radical (unpaired) electrons. The SMILES string of the molecule is CC(C)NC(=O)Nc1nc2c(s1)CN(C(=O)CCSc1ccccc1)CC2. The van der Waals surface area contributed by atoms with E-state index in [2.05, 4.69) is 27.8 Å². The summed E-state index contributed by atoms with van der Waals surface area (Å²) >= 11 is 3.15. The standard InChI is InChI=1S/C19H24N4O2S2/c1-13(2)20-18(25)22-19-21-15-8-10-23(12-16(15)27-19)17(24)9-11-26-14-6-4-3-5-7-14/h3-7,13H,8-12H2,1-2H3,(H2,20,21,22,25). The van der Waals surface area contributed by atoms with Gasteiger partial charge in [-0.25, -0.2) is 9.78 Å². The van der Waals surface area contributed by atoms with Gasteiger partial charge in [0.2, 0.25) is 5.91 Å². The molecule has 2 N–H and O–H groups in total. The number of aromatic nitrogens is 1. The van der Waals surface area contributed by atoms with Gasteiger partial charge in [0.25, 0.3) is 0 Å². The number of thioether (sulfide) groups is 1. The molecule has 1 aliphatic rings. The topological polar surface area (TPSA) is 74.3 Å². The average Bonchev–Trinajstić information content (AvgIpc) is 3.02. The third kappa shape index (κ3) is 5.71. The van der Waals surface area contributed by atoms with Crippen LogP contribution in [0.15, 0.2) is 35.2 Å². The predicted octanol–water partition coefficient (Wildman–Crippen LogP) is 3.74. The molecule has 1 aromatic heterocycles. The normalized spacial score (nSPS) is 13.4. The molecule has 0 aliphatic carbocycles. The number of carbonyl (C=O) groups is 2. The Bertz CT molecular complexity index is 792. The van der Waals surface area contributed by atoms with Gasteiger partial charge in [0.15, 0.2) is 5.13 Å². The van der Waals surface area contributed by atoms with Gasteiger partial charge in [0.1, 0.15) is 0 Å². The fourth-order valence-corrected chi connectivity index (χ4v) is 4.67. The van der Waals surface area contributed by atoms with Gasteiger partial charge in [-0.2, -0.15) is 0 Å². The maximum atomic E-state index is 12.5. The number of carbonyl (C=O) groups excluding carboxylic acids is 2. The number of thiazole rings is 1. The van der Waals surface area contributed by atoms with Crippen LogP contribution in [-0.4, -0.2) is 40.2 Å². The van der Waals surface area contributed by atoms with E-state index in [1.54, 1.807) is 11.8 Å². The Hall–Kier alpha value is -2.06. The molecule has 0 unspecified atom stereocenters. The zero-order valence-corrected chi connectivity index (χ0v) is 17.2. The third-order valence-electron chi connectivity index (χ3n) is 4.05. The summed E-state index contributed by atoms with van der Waals surface area (Å²) in [5.74, 6) is 0.946. The zero-order valence-electron chi connectivity index (χ0n) is 15.5. The Morgan fingerprint density at radius 1 is 1.30 bits per heavy atom. The molecule has 8 heteroatoms. The third-order valence-corrected chi connectivity index (χ3v) is 6.06. The molecule has 3 rings (SSSR count). The molecular weight excluding hydrogens is 380 g/mol. The van der Waals surface area contributed by atoms with Crippen LogP contribution in [-0.2, 0) is 17.8 Å². The summed E-state index contributed by atoms with van der Waals surface area (Å²) in [6, 6.07) is 9.95. The maximum Gasteiger partial charge on any atom is 0.321 e. The highest BCUT2D eigenvalue weighted by Gasteiger charge is 2.24. The summed E-state index contributed by atoms with van der Waals surface area (Å²) in [5.41, 5.74) is 0.988. The second-order valence-electron chi connectivity index (χ2n) is 6.62. The number of nitrogens with one attached hydrogen (secondary N) is 2. The van der Waals surface area contributed by atoms with Crippen LogP contribution in [0.25, 0.3) is 0 Å². The van der Waals surface area contributed by atoms with Crippen LogP contribution in [0, 0.1) is 0 Å². The van der Waals surface area contributed by atoms with E-state index in [1.165, 1.54) is 16.2 Å². The van der Waals surface area contributed by atoms with Crippen molar-refractivity contribution in [2.75, 3.05) is 17.6 Å². The first kappa shape index (κ1) is 19.7. The van der Waals surface area contributed by atoms with Crippen LogP contribution >= 0.6 is 23.1 Å². The van der Waals surface area contributed by atoms with E-state index in [1.807, 2.05) is 36.9 Å². The van der Waals surface area contributed by atoms with Crippen molar-refractivity contribution in [3.05, 3.63) is 40.9 Å². The average molecular weight is 405 g/mol. The van der Waals surface area contributed by atoms with Crippen LogP contribution in [0.5, 0.6) is 0 Å². The molecule has 2 aromatic rings. The molecule has 1 aliphatic heterocycles. The highest BCUT2D eigenvalue weighted by molar-refractivity contribution is 7.99. The Morgan fingerprint density at radius 2 is 2.07 bits per heavy atom. The van der Waals surface area contributed by atoms with Crippen molar-refractivity contribution in [1.82, 2.24) is 15.2 Å². The number of hydrogen-bond acceptors (Lipinski definition) is 5. The van der Waals surface area contributed by atoms with Gasteiger partial charge in [-0.15, -0.1) is 11.8 Å². The lowest BCUT2D eigenvalue weighted by Gasteiger charge is -2.26. The number of urea groups is 1. The summed E-state index contributed by atoms with van der Waals surface area (Å²) in [5, 5.41) is 6.15. The molecule has 0 bridgehead atoms. The number of benzene rings is 1. The molecule has 144 valence electrons. The quantitative estimate of drug-likeness (QED) is 0.719. The number of fused-ring (bicyclic) bond motifs is 1. The van der Waals surface area contributed by atoms with Gasteiger partial charge in [0, 0.05) is 41.0 Å². The number of anilines is 1. The summed E-state index contributed by atoms with van der Waals surface area (Å²) in [7, 11) is 0. The minimum absolute atomic E-state index is 0.0708. The van der Waals surface area contributed by atoms with Crippen molar-refractivity contribution < 1.29 is 9.59 Å². The van der Waals surface area contributed by atoms with E-state index >= 15 is 0 Å². The highest BCUT2D eigenvalue weighted by Crippen LogP contribution is 2.29. The number of rotatable bonds is 6. The van der Waals surface area contributed by atoms with Gasteiger partial charge >= 0.3 is 6.03 Å². The van der Waals surface area contributed by atoms with E-state index in [-0.39, 0.29) is 18.0 Å². The van der Waals surface area contributed by atoms with E-state index in [4.69, 9.17) is 0 Å². The van der Waals surface area contributed by atoms with E-state index in [9.17, 15) is 9.59 Å². The van der Waals surface area contributed by atoms with Crippen LogP contribution in [0.1, 0.15) is 30.8 Å². The monoisotopic (exact) mass is 404 g/mol. The summed E-state index contributed by atoms with van der Waals surface area (Å²) in [6.45, 7) is 5.08. The molecule has 27 heavy (non-hydrogen) atoms. The van der Waals surface area contributed by atoms with Gasteiger partial charge in [-0.1, -0.05) is 29.5 Å². The number of nitrogens with zero attached hydrogens (tertiary/aromatic N) is 2. The van der Waals surface area contributed by atoms with Crippen molar-refractivity contribution in [2.24, 2.45) is 0 Å². The molecular formula is C19H24N4O2S2. The van der Waals surface area contributed by atoms with Crippen molar-refractivity contribution in [1.29, 1.82) is 0 Å². The number of hydrogen-bond donors (Lipinski definition) is 2. The van der Waals surface area contributed by atoms with E-state index < -0.39 is 0 Å². The molecule has 0 fully saturated rings. The zero-order chi connectivity index (χ0) is 19.2. The Labute approximate surface area is 167 Å². The first-order valence-electron chi connectivity index (χ1n) is 9.03. The summed E-state index contributed by atoms with van der Waals surface area (Å²) in [4.78, 5) is 33.0. The van der Waals surface area contributed by atoms with Crippen LogP contribution in [0.2, 0.25) is 0 Å². The second kappa shape index (κ2) is 9.23. The van der Waals surface area contributed by atoms with Crippen molar-refractivity contribution in [2.45, 2.75) is 44.2 Å². The fraction of sp³-hybridized carbons (Fsp3) is 0.421. The molecule has 0 saturated carbocycles. The van der Waals surface area contributed by atoms with Crippen molar-refractivity contribution in [3.8, 4) is 0 Å². The molecule has 0 atom stereocenters. The lowest BCUT2D eigenvalue weighted by molar-refractivity contribution is -0.131. The molecule has 3 amide bonds. The smallest absolute Gasteiger partial charge is 0.321 e. The van der Waals surface area contributed by atoms with Crippen LogP contribution in [0.4, 0.5) is 9.93 Å². The second-order valence-corrected chi connectivity index (χ2v) is 8.87. The molecule has 0 spiro atoms. The highest BCUT2D eigenvalue weighted by atomic mass is 32.2. The lowest BCUT2D eigenvalue weighted by atomic mass is 10.1. The van der Waals surface area contributed by atoms with Crippen LogP contribution in [0.3, 0.4) is 0 Å². The largest absolute Gasteiger partial charge is 0.337 e. The first-order valence-corrected chi connectivity index (χ1v) is 10.8. The molecule has 1 aromatic carbocycles. The Balaban J connectivity index is 1.50. The van der Waals surface area contributed by atoms with E-state index in [0.717, 1.165) is 22.7 Å². The first-order chi connectivity index (χ1) is 13.0. The minimum Gasteiger partial charge on any atom is -0.337 e. The fourth-order valence-electron chi connectivity index (χ4n) is 2.79. The molecule has 6 nitrogen and oxygen atoms in total. The summed E-state index contributed by atoms with van der Waals surface area (Å²) < 4.78 is 0. The van der Waals surface area contributed by atoms with Gasteiger partial charge in [-0.3, -0.25) is 10.1 Å². The van der Waals surface area contributed by atoms with E-state index in [0.29, 0.717) is 24.6 Å². The molecule has 0 saturated heterocycles.